The number of rotatable bonds is 7. The molecule has 26 heavy (non-hydrogen) atoms. The molecule has 0 unspecified atom stereocenters. The summed E-state index contributed by atoms with van der Waals surface area (Å²) < 4.78 is 25.0. The zero-order chi connectivity index (χ0) is 18.7. The molecule has 1 saturated carbocycles. The van der Waals surface area contributed by atoms with Crippen LogP contribution < -0.4 is 4.74 Å². The highest BCUT2D eigenvalue weighted by molar-refractivity contribution is 5.73. The van der Waals surface area contributed by atoms with Crippen molar-refractivity contribution in [2.75, 3.05) is 7.11 Å². The highest BCUT2D eigenvalue weighted by Crippen LogP contribution is 2.42. The van der Waals surface area contributed by atoms with Gasteiger partial charge in [-0.2, -0.15) is 0 Å². The Labute approximate surface area is 154 Å². The summed E-state index contributed by atoms with van der Waals surface area (Å²) in [7, 11) is 1.39. The van der Waals surface area contributed by atoms with E-state index in [0.29, 0.717) is 5.92 Å². The van der Waals surface area contributed by atoms with Crippen molar-refractivity contribution in [3.05, 3.63) is 64.0 Å². The molecule has 1 aliphatic rings. The largest absolute Gasteiger partial charge is 0.486 e. The third-order valence-corrected chi connectivity index (χ3v) is 5.03. The van der Waals surface area contributed by atoms with Gasteiger partial charge in [0.1, 0.15) is 6.61 Å². The third-order valence-electron chi connectivity index (χ3n) is 5.03. The van der Waals surface area contributed by atoms with Crippen molar-refractivity contribution in [1.82, 2.24) is 0 Å². The molecular weight excluding hydrogens is 331 g/mol. The van der Waals surface area contributed by atoms with Crippen LogP contribution in [0.5, 0.6) is 5.75 Å². The van der Waals surface area contributed by atoms with Crippen LogP contribution in [0.4, 0.5) is 4.39 Å². The second kappa shape index (κ2) is 7.90. The van der Waals surface area contributed by atoms with Crippen LogP contribution in [-0.4, -0.2) is 13.1 Å². The highest BCUT2D eigenvalue weighted by atomic mass is 19.1. The summed E-state index contributed by atoms with van der Waals surface area (Å²) in [5.74, 6) is 0.147. The first kappa shape index (κ1) is 18.4. The van der Waals surface area contributed by atoms with Crippen LogP contribution in [0.25, 0.3) is 0 Å². The fourth-order valence-corrected chi connectivity index (χ4v) is 3.34. The predicted octanol–water partition coefficient (Wildman–Crippen LogP) is 4.87. The van der Waals surface area contributed by atoms with Gasteiger partial charge in [-0.15, -0.1) is 0 Å². The van der Waals surface area contributed by atoms with Gasteiger partial charge in [-0.25, -0.2) is 4.39 Å². The fourth-order valence-electron chi connectivity index (χ4n) is 3.34. The van der Waals surface area contributed by atoms with Crippen LogP contribution in [0.2, 0.25) is 0 Å². The van der Waals surface area contributed by atoms with Crippen molar-refractivity contribution >= 4 is 5.97 Å². The van der Waals surface area contributed by atoms with Gasteiger partial charge in [0, 0.05) is 0 Å². The van der Waals surface area contributed by atoms with Gasteiger partial charge in [-0.1, -0.05) is 25.1 Å². The Bertz CT molecular complexity index is 809. The van der Waals surface area contributed by atoms with Crippen LogP contribution in [0.1, 0.15) is 53.5 Å². The molecule has 0 bridgehead atoms. The molecule has 4 heteroatoms. The first-order valence-electron chi connectivity index (χ1n) is 9.12. The van der Waals surface area contributed by atoms with E-state index in [9.17, 15) is 9.18 Å². The molecule has 0 atom stereocenters. The van der Waals surface area contributed by atoms with Gasteiger partial charge in [0.2, 0.25) is 0 Å². The van der Waals surface area contributed by atoms with E-state index in [2.05, 4.69) is 6.07 Å². The first-order valence-corrected chi connectivity index (χ1v) is 9.12. The Morgan fingerprint density at radius 1 is 1.23 bits per heavy atom. The minimum absolute atomic E-state index is 0.200. The van der Waals surface area contributed by atoms with E-state index in [1.807, 2.05) is 26.0 Å². The van der Waals surface area contributed by atoms with E-state index >= 15 is 0 Å². The quantitative estimate of drug-likeness (QED) is 0.664. The van der Waals surface area contributed by atoms with Crippen LogP contribution in [-0.2, 0) is 29.0 Å². The lowest BCUT2D eigenvalue weighted by atomic mass is 9.96. The first-order chi connectivity index (χ1) is 12.5. The predicted molar refractivity (Wildman–Crippen MR) is 99.0 cm³/mol. The molecule has 0 N–H and O–H groups in total. The van der Waals surface area contributed by atoms with Crippen molar-refractivity contribution in [1.29, 1.82) is 0 Å². The maximum atomic E-state index is 14.4. The van der Waals surface area contributed by atoms with Gasteiger partial charge in [0.15, 0.2) is 11.6 Å². The lowest BCUT2D eigenvalue weighted by Gasteiger charge is -2.16. The van der Waals surface area contributed by atoms with E-state index in [1.54, 1.807) is 12.1 Å². The van der Waals surface area contributed by atoms with Crippen molar-refractivity contribution in [2.45, 2.75) is 52.1 Å². The molecule has 0 radical (unpaired) electrons. The zero-order valence-electron chi connectivity index (χ0n) is 15.6. The molecule has 2 aromatic rings. The Morgan fingerprint density at radius 3 is 2.65 bits per heavy atom. The molecule has 0 heterocycles. The van der Waals surface area contributed by atoms with E-state index < -0.39 is 0 Å². The van der Waals surface area contributed by atoms with Gasteiger partial charge in [0.25, 0.3) is 0 Å². The molecular formula is C22H25FO3. The molecule has 138 valence electrons. The van der Waals surface area contributed by atoms with Gasteiger partial charge in [-0.3, -0.25) is 4.79 Å². The summed E-state index contributed by atoms with van der Waals surface area (Å²) in [6.07, 6.45) is 3.28. The van der Waals surface area contributed by atoms with Crippen LogP contribution in [0, 0.1) is 12.7 Å². The second-order valence-corrected chi connectivity index (χ2v) is 6.86. The van der Waals surface area contributed by atoms with E-state index in [1.165, 1.54) is 12.7 Å². The molecule has 0 amide bonds. The van der Waals surface area contributed by atoms with Crippen LogP contribution in [0.15, 0.2) is 30.3 Å². The monoisotopic (exact) mass is 356 g/mol. The molecule has 3 nitrogen and oxygen atoms in total. The second-order valence-electron chi connectivity index (χ2n) is 6.86. The number of carbonyl (C=O) groups excluding carboxylic acids is 1. The number of aryl methyl sites for hydroxylation is 2. The molecule has 3 rings (SSSR count). The van der Waals surface area contributed by atoms with Crippen molar-refractivity contribution < 1.29 is 18.7 Å². The summed E-state index contributed by atoms with van der Waals surface area (Å²) in [5, 5.41) is 0. The highest BCUT2D eigenvalue weighted by Gasteiger charge is 2.27. The molecule has 0 aliphatic heterocycles. The summed E-state index contributed by atoms with van der Waals surface area (Å²) in [5.41, 5.74) is 5.09. The van der Waals surface area contributed by atoms with Crippen molar-refractivity contribution in [2.24, 2.45) is 0 Å². The Kier molecular flexibility index (Phi) is 5.60. The average molecular weight is 356 g/mol. The number of ether oxygens (including phenoxy) is 2. The normalized spacial score (nSPS) is 13.5. The number of methoxy groups -OCH3 is 1. The van der Waals surface area contributed by atoms with E-state index in [-0.39, 0.29) is 30.6 Å². The van der Waals surface area contributed by atoms with Crippen LogP contribution >= 0.6 is 0 Å². The topological polar surface area (TPSA) is 35.5 Å². The fraction of sp³-hybridized carbons (Fsp3) is 0.409. The van der Waals surface area contributed by atoms with Gasteiger partial charge in [0.05, 0.1) is 13.5 Å². The van der Waals surface area contributed by atoms with E-state index in [4.69, 9.17) is 9.47 Å². The minimum Gasteiger partial charge on any atom is -0.486 e. The number of benzene rings is 2. The molecule has 0 spiro atoms. The Hall–Kier alpha value is -2.36. The maximum Gasteiger partial charge on any atom is 0.309 e. The summed E-state index contributed by atoms with van der Waals surface area (Å²) in [6.45, 7) is 4.22. The molecule has 0 saturated heterocycles. The molecule has 1 aliphatic carbocycles. The summed E-state index contributed by atoms with van der Waals surface area (Å²) >= 11 is 0. The molecule has 0 aromatic heterocycles. The minimum atomic E-state index is -0.342. The van der Waals surface area contributed by atoms with Gasteiger partial charge >= 0.3 is 5.97 Å². The Balaban J connectivity index is 1.87. The standard InChI is InChI=1S/C22H25FO3/c1-4-15-11-20(23)21(10-14(15)2)26-13-19-17(12-22(24)25-3)6-5-7-18(19)16-8-9-16/h5-7,10-11,16H,4,8-9,12-13H2,1-3H3. The zero-order valence-corrected chi connectivity index (χ0v) is 15.6. The SMILES string of the molecule is CCc1cc(F)c(OCc2c(CC(=O)OC)cccc2C2CC2)cc1C. The lowest BCUT2D eigenvalue weighted by Crippen LogP contribution is -2.11. The van der Waals surface area contributed by atoms with Gasteiger partial charge < -0.3 is 9.47 Å². The van der Waals surface area contributed by atoms with Crippen LogP contribution in [0.3, 0.4) is 0 Å². The number of hydrogen-bond donors (Lipinski definition) is 0. The third kappa shape index (κ3) is 4.06. The van der Waals surface area contributed by atoms with Crippen molar-refractivity contribution in [3.63, 3.8) is 0 Å². The molecule has 2 aromatic carbocycles. The number of carbonyl (C=O) groups is 1. The van der Waals surface area contributed by atoms with Crippen molar-refractivity contribution in [3.8, 4) is 5.75 Å². The average Bonchev–Trinajstić information content (AvgIpc) is 3.47. The summed E-state index contributed by atoms with van der Waals surface area (Å²) in [6, 6.07) is 9.28. The molecule has 1 fully saturated rings. The smallest absolute Gasteiger partial charge is 0.309 e. The summed E-state index contributed by atoms with van der Waals surface area (Å²) in [4.78, 5) is 11.8. The number of hydrogen-bond acceptors (Lipinski definition) is 3. The Morgan fingerprint density at radius 2 is 2.00 bits per heavy atom. The maximum absolute atomic E-state index is 14.4. The lowest BCUT2D eigenvalue weighted by molar-refractivity contribution is -0.139. The van der Waals surface area contributed by atoms with Gasteiger partial charge in [-0.05, 0) is 72.1 Å². The van der Waals surface area contributed by atoms with E-state index in [0.717, 1.165) is 41.5 Å². The number of halogens is 1. The number of esters is 1.